The quantitative estimate of drug-likeness (QED) is 0.838. The first-order chi connectivity index (χ1) is 7.42. The minimum atomic E-state index is 0.487. The molecule has 15 heavy (non-hydrogen) atoms. The van der Waals surface area contributed by atoms with Crippen molar-refractivity contribution in [2.45, 2.75) is 12.5 Å². The summed E-state index contributed by atoms with van der Waals surface area (Å²) in [5, 5.41) is 6.96. The van der Waals surface area contributed by atoms with E-state index in [2.05, 4.69) is 35.0 Å². The molecule has 0 aliphatic carbocycles. The molecule has 1 atom stereocenters. The predicted octanol–water partition coefficient (Wildman–Crippen LogP) is 3.10. The van der Waals surface area contributed by atoms with Gasteiger partial charge in [0.05, 0.1) is 12.6 Å². The highest BCUT2D eigenvalue weighted by atomic mass is 32.1. The van der Waals surface area contributed by atoms with Crippen LogP contribution in [0.3, 0.4) is 0 Å². The van der Waals surface area contributed by atoms with Crippen molar-refractivity contribution >= 4 is 27.1 Å². The average molecular weight is 219 g/mol. The first kappa shape index (κ1) is 9.19. The summed E-state index contributed by atoms with van der Waals surface area (Å²) >= 11 is 1.79. The third kappa shape index (κ3) is 1.85. The highest BCUT2D eigenvalue weighted by Crippen LogP contribution is 2.24. The number of hydrogen-bond acceptors (Lipinski definition) is 3. The Morgan fingerprint density at radius 1 is 1.33 bits per heavy atom. The molecule has 1 fully saturated rings. The van der Waals surface area contributed by atoms with Crippen molar-refractivity contribution in [1.82, 2.24) is 0 Å². The Hall–Kier alpha value is -1.06. The Balaban J connectivity index is 1.84. The van der Waals surface area contributed by atoms with Gasteiger partial charge in [0.15, 0.2) is 0 Å². The zero-order valence-electron chi connectivity index (χ0n) is 8.40. The summed E-state index contributed by atoms with van der Waals surface area (Å²) < 4.78 is 6.69. The molecule has 0 saturated carbocycles. The van der Waals surface area contributed by atoms with Crippen LogP contribution in [0.15, 0.2) is 29.6 Å². The van der Waals surface area contributed by atoms with Gasteiger partial charge in [0.2, 0.25) is 0 Å². The van der Waals surface area contributed by atoms with Crippen LogP contribution in [0.1, 0.15) is 6.42 Å². The molecule has 0 radical (unpaired) electrons. The van der Waals surface area contributed by atoms with E-state index in [0.29, 0.717) is 6.04 Å². The van der Waals surface area contributed by atoms with Crippen molar-refractivity contribution in [3.05, 3.63) is 29.6 Å². The van der Waals surface area contributed by atoms with Gasteiger partial charge in [-0.15, -0.1) is 11.3 Å². The van der Waals surface area contributed by atoms with E-state index in [0.717, 1.165) is 19.6 Å². The van der Waals surface area contributed by atoms with Crippen molar-refractivity contribution in [3.63, 3.8) is 0 Å². The molecule has 1 unspecified atom stereocenters. The number of ether oxygens (including phenoxy) is 1. The normalized spacial score (nSPS) is 20.9. The summed E-state index contributed by atoms with van der Waals surface area (Å²) in [5.74, 6) is 0. The van der Waals surface area contributed by atoms with Crippen LogP contribution in [-0.2, 0) is 4.74 Å². The molecular formula is C12H13NOS. The minimum Gasteiger partial charge on any atom is -0.380 e. The number of thiophene rings is 1. The van der Waals surface area contributed by atoms with Crippen LogP contribution < -0.4 is 5.32 Å². The van der Waals surface area contributed by atoms with E-state index in [-0.39, 0.29) is 0 Å². The molecule has 3 heteroatoms. The van der Waals surface area contributed by atoms with Gasteiger partial charge in [0, 0.05) is 17.0 Å². The lowest BCUT2D eigenvalue weighted by atomic mass is 10.2. The van der Waals surface area contributed by atoms with Gasteiger partial charge in [-0.1, -0.05) is 0 Å². The van der Waals surface area contributed by atoms with Crippen LogP contribution in [0.2, 0.25) is 0 Å². The molecule has 1 saturated heterocycles. The van der Waals surface area contributed by atoms with Gasteiger partial charge in [-0.3, -0.25) is 0 Å². The van der Waals surface area contributed by atoms with E-state index >= 15 is 0 Å². The Kier molecular flexibility index (Phi) is 2.35. The Morgan fingerprint density at radius 2 is 2.33 bits per heavy atom. The third-order valence-electron chi connectivity index (χ3n) is 2.75. The molecule has 1 aliphatic heterocycles. The molecule has 1 N–H and O–H groups in total. The molecule has 3 rings (SSSR count). The third-order valence-corrected chi connectivity index (χ3v) is 3.65. The molecule has 78 valence electrons. The fourth-order valence-electron chi connectivity index (χ4n) is 1.94. The SMILES string of the molecule is c1cc2cc(NC3CCOC3)ccc2s1. The van der Waals surface area contributed by atoms with E-state index in [1.54, 1.807) is 11.3 Å². The van der Waals surface area contributed by atoms with Gasteiger partial charge in [0.25, 0.3) is 0 Å². The van der Waals surface area contributed by atoms with Gasteiger partial charge in [0.1, 0.15) is 0 Å². The zero-order valence-corrected chi connectivity index (χ0v) is 9.22. The summed E-state index contributed by atoms with van der Waals surface area (Å²) in [5.41, 5.74) is 1.20. The van der Waals surface area contributed by atoms with E-state index in [4.69, 9.17) is 4.74 Å². The second-order valence-corrected chi connectivity index (χ2v) is 4.83. The second-order valence-electron chi connectivity index (χ2n) is 3.88. The predicted molar refractivity (Wildman–Crippen MR) is 64.7 cm³/mol. The molecule has 0 bridgehead atoms. The van der Waals surface area contributed by atoms with Crippen LogP contribution in [-0.4, -0.2) is 19.3 Å². The Morgan fingerprint density at radius 3 is 3.20 bits per heavy atom. The summed E-state index contributed by atoms with van der Waals surface area (Å²) in [4.78, 5) is 0. The maximum Gasteiger partial charge on any atom is 0.0668 e. The van der Waals surface area contributed by atoms with Crippen molar-refractivity contribution in [2.24, 2.45) is 0 Å². The van der Waals surface area contributed by atoms with Crippen molar-refractivity contribution in [1.29, 1.82) is 0 Å². The van der Waals surface area contributed by atoms with Gasteiger partial charge in [-0.2, -0.15) is 0 Å². The first-order valence-corrected chi connectivity index (χ1v) is 6.11. The van der Waals surface area contributed by atoms with E-state index < -0.39 is 0 Å². The average Bonchev–Trinajstić information content (AvgIpc) is 2.87. The Labute approximate surface area is 92.9 Å². The van der Waals surface area contributed by atoms with Crippen LogP contribution >= 0.6 is 11.3 Å². The summed E-state index contributed by atoms with van der Waals surface area (Å²) in [6.07, 6.45) is 1.11. The first-order valence-electron chi connectivity index (χ1n) is 5.23. The highest BCUT2D eigenvalue weighted by Gasteiger charge is 2.14. The number of hydrogen-bond donors (Lipinski definition) is 1. The molecule has 2 aromatic rings. The van der Waals surface area contributed by atoms with Gasteiger partial charge < -0.3 is 10.1 Å². The van der Waals surface area contributed by atoms with Crippen molar-refractivity contribution < 1.29 is 4.74 Å². The summed E-state index contributed by atoms with van der Waals surface area (Å²) in [7, 11) is 0. The lowest BCUT2D eigenvalue weighted by Crippen LogP contribution is -2.18. The van der Waals surface area contributed by atoms with Gasteiger partial charge >= 0.3 is 0 Å². The molecule has 0 spiro atoms. The monoisotopic (exact) mass is 219 g/mol. The summed E-state index contributed by atoms with van der Waals surface area (Å²) in [6, 6.07) is 9.19. The van der Waals surface area contributed by atoms with E-state index in [1.165, 1.54) is 15.8 Å². The van der Waals surface area contributed by atoms with E-state index in [9.17, 15) is 0 Å². The smallest absolute Gasteiger partial charge is 0.0668 e. The maximum absolute atomic E-state index is 5.34. The fourth-order valence-corrected chi connectivity index (χ4v) is 2.71. The Bertz CT molecular complexity index is 459. The standard InChI is InChI=1S/C12H13NOS/c1-2-12-9(4-6-15-12)7-10(1)13-11-3-5-14-8-11/h1-2,4,6-7,11,13H,3,5,8H2. The second kappa shape index (κ2) is 3.83. The largest absolute Gasteiger partial charge is 0.380 e. The molecule has 1 aromatic carbocycles. The highest BCUT2D eigenvalue weighted by molar-refractivity contribution is 7.17. The molecule has 2 nitrogen and oxygen atoms in total. The molecule has 2 heterocycles. The zero-order chi connectivity index (χ0) is 10.1. The van der Waals surface area contributed by atoms with E-state index in [1.807, 2.05) is 0 Å². The van der Waals surface area contributed by atoms with Gasteiger partial charge in [-0.05, 0) is 41.5 Å². The van der Waals surface area contributed by atoms with Crippen LogP contribution in [0.25, 0.3) is 10.1 Å². The maximum atomic E-state index is 5.34. The number of fused-ring (bicyclic) bond motifs is 1. The number of benzene rings is 1. The lowest BCUT2D eigenvalue weighted by Gasteiger charge is -2.11. The van der Waals surface area contributed by atoms with Gasteiger partial charge in [-0.25, -0.2) is 0 Å². The fraction of sp³-hybridized carbons (Fsp3) is 0.333. The molecule has 0 amide bonds. The summed E-state index contributed by atoms with van der Waals surface area (Å²) in [6.45, 7) is 1.72. The lowest BCUT2D eigenvalue weighted by molar-refractivity contribution is 0.195. The minimum absolute atomic E-state index is 0.487. The molecule has 1 aliphatic rings. The number of rotatable bonds is 2. The van der Waals surface area contributed by atoms with Crippen LogP contribution in [0.5, 0.6) is 0 Å². The van der Waals surface area contributed by atoms with Crippen molar-refractivity contribution in [2.75, 3.05) is 18.5 Å². The number of nitrogens with one attached hydrogen (secondary N) is 1. The molecular weight excluding hydrogens is 206 g/mol. The van der Waals surface area contributed by atoms with Crippen LogP contribution in [0, 0.1) is 0 Å². The van der Waals surface area contributed by atoms with Crippen molar-refractivity contribution in [3.8, 4) is 0 Å². The topological polar surface area (TPSA) is 21.3 Å². The molecule has 1 aromatic heterocycles. The van der Waals surface area contributed by atoms with Crippen LogP contribution in [0.4, 0.5) is 5.69 Å². The number of anilines is 1.